The van der Waals surface area contributed by atoms with E-state index in [2.05, 4.69) is 27.2 Å². The Kier molecular flexibility index (Phi) is 3.69. The summed E-state index contributed by atoms with van der Waals surface area (Å²) in [4.78, 5) is 5.74. The molecule has 0 aliphatic heterocycles. The fraction of sp³-hybridized carbons (Fsp3) is 0.412. The van der Waals surface area contributed by atoms with Gasteiger partial charge in [0.05, 0.1) is 17.1 Å². The van der Waals surface area contributed by atoms with Crippen LogP contribution in [0.15, 0.2) is 28.8 Å². The Morgan fingerprint density at radius 1 is 1.30 bits per heavy atom. The number of hydrogen-bond donors (Lipinski definition) is 1. The SMILES string of the molecule is Cc1ccc(CNc2nc(C)c(-c3ccn(CC4CC4)n3)s2)o1. The minimum atomic E-state index is 0.649. The van der Waals surface area contributed by atoms with Crippen LogP contribution in [0.2, 0.25) is 0 Å². The lowest BCUT2D eigenvalue weighted by Crippen LogP contribution is -1.99. The first-order chi connectivity index (χ1) is 11.2. The van der Waals surface area contributed by atoms with E-state index >= 15 is 0 Å². The average Bonchev–Trinajstić information content (AvgIpc) is 2.91. The minimum Gasteiger partial charge on any atom is -0.465 e. The molecule has 0 radical (unpaired) electrons. The van der Waals surface area contributed by atoms with Crippen LogP contribution < -0.4 is 5.32 Å². The number of nitrogens with zero attached hydrogens (tertiary/aromatic N) is 3. The van der Waals surface area contributed by atoms with Gasteiger partial charge in [0.2, 0.25) is 0 Å². The van der Waals surface area contributed by atoms with Crippen molar-refractivity contribution in [1.29, 1.82) is 0 Å². The largest absolute Gasteiger partial charge is 0.465 e. The zero-order valence-electron chi connectivity index (χ0n) is 13.4. The molecular formula is C17H20N4OS. The van der Waals surface area contributed by atoms with Gasteiger partial charge in [-0.3, -0.25) is 4.68 Å². The molecule has 1 aliphatic carbocycles. The maximum Gasteiger partial charge on any atom is 0.183 e. The number of hydrogen-bond acceptors (Lipinski definition) is 5. The number of aryl methyl sites for hydroxylation is 2. The molecule has 3 aromatic rings. The Balaban J connectivity index is 1.46. The van der Waals surface area contributed by atoms with Crippen molar-refractivity contribution in [3.05, 3.63) is 41.6 Å². The van der Waals surface area contributed by atoms with E-state index in [1.54, 1.807) is 11.3 Å². The summed E-state index contributed by atoms with van der Waals surface area (Å²) in [5, 5.41) is 8.94. The maximum absolute atomic E-state index is 5.57. The molecular weight excluding hydrogens is 308 g/mol. The molecule has 5 nitrogen and oxygen atoms in total. The van der Waals surface area contributed by atoms with Crippen molar-refractivity contribution in [1.82, 2.24) is 14.8 Å². The molecule has 0 unspecified atom stereocenters. The zero-order valence-corrected chi connectivity index (χ0v) is 14.2. The molecule has 6 heteroatoms. The number of aromatic nitrogens is 3. The van der Waals surface area contributed by atoms with Crippen LogP contribution in [-0.4, -0.2) is 14.8 Å². The van der Waals surface area contributed by atoms with Crippen LogP contribution in [0.25, 0.3) is 10.6 Å². The molecule has 120 valence electrons. The summed E-state index contributed by atoms with van der Waals surface area (Å²) in [6.45, 7) is 5.68. The smallest absolute Gasteiger partial charge is 0.183 e. The predicted octanol–water partition coefficient (Wildman–Crippen LogP) is 4.24. The van der Waals surface area contributed by atoms with Crippen LogP contribution in [-0.2, 0) is 13.1 Å². The lowest BCUT2D eigenvalue weighted by molar-refractivity contribution is 0.490. The third-order valence-corrected chi connectivity index (χ3v) is 5.16. The summed E-state index contributed by atoms with van der Waals surface area (Å²) in [6.07, 6.45) is 4.76. The van der Waals surface area contributed by atoms with Gasteiger partial charge >= 0.3 is 0 Å². The second-order valence-corrected chi connectivity index (χ2v) is 7.16. The zero-order chi connectivity index (χ0) is 15.8. The molecule has 0 spiro atoms. The van der Waals surface area contributed by atoms with E-state index in [1.807, 2.05) is 26.0 Å². The van der Waals surface area contributed by atoms with Gasteiger partial charge in [0, 0.05) is 12.7 Å². The van der Waals surface area contributed by atoms with Gasteiger partial charge in [0.25, 0.3) is 0 Å². The van der Waals surface area contributed by atoms with Gasteiger partial charge in [-0.2, -0.15) is 5.10 Å². The molecule has 0 atom stereocenters. The Bertz CT molecular complexity index is 812. The van der Waals surface area contributed by atoms with Crippen molar-refractivity contribution in [3.8, 4) is 10.6 Å². The lowest BCUT2D eigenvalue weighted by atomic mass is 10.3. The van der Waals surface area contributed by atoms with Gasteiger partial charge in [-0.15, -0.1) is 0 Å². The normalized spacial score (nSPS) is 14.3. The Morgan fingerprint density at radius 3 is 2.91 bits per heavy atom. The van der Waals surface area contributed by atoms with Gasteiger partial charge in [-0.25, -0.2) is 4.98 Å². The highest BCUT2D eigenvalue weighted by atomic mass is 32.1. The van der Waals surface area contributed by atoms with Gasteiger partial charge < -0.3 is 9.73 Å². The first-order valence-electron chi connectivity index (χ1n) is 7.98. The number of nitrogens with one attached hydrogen (secondary N) is 1. The molecule has 1 saturated carbocycles. The summed E-state index contributed by atoms with van der Waals surface area (Å²) < 4.78 is 7.63. The Hall–Kier alpha value is -2.08. The number of thiazole rings is 1. The fourth-order valence-corrected chi connectivity index (χ4v) is 3.53. The summed E-state index contributed by atoms with van der Waals surface area (Å²) in [5.41, 5.74) is 2.03. The molecule has 23 heavy (non-hydrogen) atoms. The number of rotatable bonds is 6. The molecule has 1 N–H and O–H groups in total. The molecule has 1 aliphatic rings. The molecule has 0 saturated heterocycles. The highest BCUT2D eigenvalue weighted by molar-refractivity contribution is 7.19. The molecule has 0 bridgehead atoms. The molecule has 4 rings (SSSR count). The van der Waals surface area contributed by atoms with Crippen LogP contribution in [0.1, 0.15) is 30.1 Å². The fourth-order valence-electron chi connectivity index (χ4n) is 2.60. The highest BCUT2D eigenvalue weighted by Gasteiger charge is 2.22. The van der Waals surface area contributed by atoms with Crippen molar-refractivity contribution in [2.45, 2.75) is 39.8 Å². The lowest BCUT2D eigenvalue weighted by Gasteiger charge is -1.98. The van der Waals surface area contributed by atoms with E-state index in [4.69, 9.17) is 9.52 Å². The monoisotopic (exact) mass is 328 g/mol. The van der Waals surface area contributed by atoms with Gasteiger partial charge in [0.15, 0.2) is 5.13 Å². The van der Waals surface area contributed by atoms with E-state index < -0.39 is 0 Å². The van der Waals surface area contributed by atoms with E-state index in [0.29, 0.717) is 6.54 Å². The van der Waals surface area contributed by atoms with Crippen LogP contribution in [0.3, 0.4) is 0 Å². The molecule has 0 aromatic carbocycles. The van der Waals surface area contributed by atoms with Crippen molar-refractivity contribution in [2.24, 2.45) is 5.92 Å². The van der Waals surface area contributed by atoms with Crippen LogP contribution in [0, 0.1) is 19.8 Å². The topological polar surface area (TPSA) is 55.9 Å². The first kappa shape index (κ1) is 14.5. The van der Waals surface area contributed by atoms with E-state index in [0.717, 1.165) is 45.4 Å². The van der Waals surface area contributed by atoms with Crippen molar-refractivity contribution >= 4 is 16.5 Å². The highest BCUT2D eigenvalue weighted by Crippen LogP contribution is 2.33. The quantitative estimate of drug-likeness (QED) is 0.735. The van der Waals surface area contributed by atoms with Crippen LogP contribution in [0.4, 0.5) is 5.13 Å². The summed E-state index contributed by atoms with van der Waals surface area (Å²) in [5.74, 6) is 2.68. The molecule has 3 aromatic heterocycles. The summed E-state index contributed by atoms with van der Waals surface area (Å²) in [6, 6.07) is 6.05. The Morgan fingerprint density at radius 2 is 2.17 bits per heavy atom. The van der Waals surface area contributed by atoms with E-state index in [-0.39, 0.29) is 0 Å². The second kappa shape index (κ2) is 5.85. The first-order valence-corrected chi connectivity index (χ1v) is 8.79. The number of furan rings is 1. The van der Waals surface area contributed by atoms with Crippen molar-refractivity contribution in [3.63, 3.8) is 0 Å². The summed E-state index contributed by atoms with van der Waals surface area (Å²) >= 11 is 1.65. The third kappa shape index (κ3) is 3.32. The minimum absolute atomic E-state index is 0.649. The van der Waals surface area contributed by atoms with Crippen molar-refractivity contribution in [2.75, 3.05) is 5.32 Å². The second-order valence-electron chi connectivity index (χ2n) is 6.17. The van der Waals surface area contributed by atoms with Crippen LogP contribution in [0.5, 0.6) is 0 Å². The predicted molar refractivity (Wildman–Crippen MR) is 91.6 cm³/mol. The van der Waals surface area contributed by atoms with E-state index in [1.165, 1.54) is 12.8 Å². The third-order valence-electron chi connectivity index (χ3n) is 4.02. The van der Waals surface area contributed by atoms with E-state index in [9.17, 15) is 0 Å². The summed E-state index contributed by atoms with van der Waals surface area (Å²) in [7, 11) is 0. The van der Waals surface area contributed by atoms with Gasteiger partial charge in [-0.05, 0) is 50.8 Å². The maximum atomic E-state index is 5.57. The molecule has 0 amide bonds. The average molecular weight is 328 g/mol. The number of anilines is 1. The van der Waals surface area contributed by atoms with Gasteiger partial charge in [-0.1, -0.05) is 11.3 Å². The van der Waals surface area contributed by atoms with Gasteiger partial charge in [0.1, 0.15) is 17.2 Å². The van der Waals surface area contributed by atoms with Crippen LogP contribution >= 0.6 is 11.3 Å². The van der Waals surface area contributed by atoms with Crippen molar-refractivity contribution < 1.29 is 4.42 Å². The molecule has 3 heterocycles. The molecule has 1 fully saturated rings. The standard InChI is InChI=1S/C17H20N4OS/c1-11-3-6-14(22-11)9-18-17-19-12(2)16(23-17)15-7-8-21(20-15)10-13-4-5-13/h3,6-8,13H,4-5,9-10H2,1-2H3,(H,18,19). The Labute approximate surface area is 139 Å².